The molecular weight excluding hydrogens is 942 g/mol. The molecule has 0 aromatic heterocycles. The molecule has 0 rings (SSSR count). The van der Waals surface area contributed by atoms with Crippen molar-refractivity contribution in [1.82, 2.24) is 0 Å². The molecule has 0 aromatic carbocycles. The Hall–Kier alpha value is -3.59. The van der Waals surface area contributed by atoms with Gasteiger partial charge in [0.05, 0.1) is 13.2 Å². The number of esters is 2. The number of ether oxygens (including phenoxy) is 2. The highest BCUT2D eigenvalue weighted by Crippen LogP contribution is 2.43. The second-order valence-corrected chi connectivity index (χ2v) is 20.6. The summed E-state index contributed by atoms with van der Waals surface area (Å²) >= 11 is 0. The van der Waals surface area contributed by atoms with Gasteiger partial charge in [-0.2, -0.15) is 0 Å². The molecule has 0 saturated carbocycles. The first kappa shape index (κ1) is 70.4. The first-order chi connectivity index (χ1) is 36.3. The van der Waals surface area contributed by atoms with Gasteiger partial charge in [0.25, 0.3) is 0 Å². The second kappa shape index (κ2) is 58.7. The number of unbranched alkanes of at least 4 members (excludes halogenated alkanes) is 21. The minimum absolute atomic E-state index is 0.0461. The fraction of sp³-hybridized carbons (Fsp3) is 0.656. The lowest BCUT2D eigenvalue weighted by Gasteiger charge is -2.19. The van der Waals surface area contributed by atoms with Crippen molar-refractivity contribution >= 4 is 19.8 Å². The van der Waals surface area contributed by atoms with Gasteiger partial charge in [0, 0.05) is 19.4 Å². The van der Waals surface area contributed by atoms with Crippen molar-refractivity contribution in [3.63, 3.8) is 0 Å². The summed E-state index contributed by atoms with van der Waals surface area (Å²) in [5, 5.41) is 0. The van der Waals surface area contributed by atoms with Crippen LogP contribution in [0.4, 0.5) is 0 Å². The molecule has 0 amide bonds. The van der Waals surface area contributed by atoms with Crippen molar-refractivity contribution in [2.24, 2.45) is 5.73 Å². The molecule has 74 heavy (non-hydrogen) atoms. The molecule has 0 heterocycles. The Bertz CT molecular complexity index is 1620. The maximum atomic E-state index is 12.7. The Kier molecular flexibility index (Phi) is 55.8. The predicted molar refractivity (Wildman–Crippen MR) is 316 cm³/mol. The molecule has 0 aliphatic carbocycles. The number of hydrogen-bond donors (Lipinski definition) is 2. The van der Waals surface area contributed by atoms with E-state index in [9.17, 15) is 19.0 Å². The van der Waals surface area contributed by atoms with Crippen LogP contribution in [0.5, 0.6) is 0 Å². The van der Waals surface area contributed by atoms with E-state index in [0.717, 1.165) is 122 Å². The van der Waals surface area contributed by atoms with Gasteiger partial charge in [-0.1, -0.05) is 238 Å². The maximum Gasteiger partial charge on any atom is 0.472 e. The lowest BCUT2D eigenvalue weighted by Crippen LogP contribution is -2.29. The molecule has 9 nitrogen and oxygen atoms in total. The molecule has 0 aromatic rings. The monoisotopic (exact) mass is 1050 g/mol. The zero-order valence-corrected chi connectivity index (χ0v) is 47.9. The zero-order chi connectivity index (χ0) is 53.8. The van der Waals surface area contributed by atoms with E-state index >= 15 is 0 Å². The molecule has 0 spiro atoms. The normalized spacial score (nSPS) is 13.9. The average Bonchev–Trinajstić information content (AvgIpc) is 3.39. The molecule has 2 atom stereocenters. The Balaban J connectivity index is 4.00. The van der Waals surface area contributed by atoms with Gasteiger partial charge in [-0.15, -0.1) is 0 Å². The van der Waals surface area contributed by atoms with Gasteiger partial charge in [-0.05, 0) is 109 Å². The molecule has 422 valence electrons. The van der Waals surface area contributed by atoms with Gasteiger partial charge in [0.1, 0.15) is 6.61 Å². The summed E-state index contributed by atoms with van der Waals surface area (Å²) in [6, 6.07) is 0. The quantitative estimate of drug-likeness (QED) is 0.0264. The van der Waals surface area contributed by atoms with Crippen LogP contribution in [-0.4, -0.2) is 49.3 Å². The third-order valence-electron chi connectivity index (χ3n) is 12.1. The highest BCUT2D eigenvalue weighted by atomic mass is 31.2. The van der Waals surface area contributed by atoms with E-state index in [2.05, 4.69) is 135 Å². The van der Waals surface area contributed by atoms with E-state index in [1.54, 1.807) is 0 Å². The Labute approximate surface area is 453 Å². The summed E-state index contributed by atoms with van der Waals surface area (Å²) in [6.07, 6.45) is 81.1. The third kappa shape index (κ3) is 57.7. The van der Waals surface area contributed by atoms with Gasteiger partial charge < -0.3 is 20.1 Å². The first-order valence-corrected chi connectivity index (χ1v) is 31.0. The smallest absolute Gasteiger partial charge is 0.462 e. The van der Waals surface area contributed by atoms with E-state index in [4.69, 9.17) is 24.3 Å². The minimum Gasteiger partial charge on any atom is -0.462 e. The number of nitrogens with two attached hydrogens (primary N) is 1. The van der Waals surface area contributed by atoms with E-state index in [1.807, 2.05) is 0 Å². The lowest BCUT2D eigenvalue weighted by atomic mass is 10.1. The molecular formula is C64H108NO8P. The summed E-state index contributed by atoms with van der Waals surface area (Å²) in [6.45, 7) is 3.60. The number of phosphoric acid groups is 1. The van der Waals surface area contributed by atoms with Crippen molar-refractivity contribution in [2.45, 2.75) is 245 Å². The van der Waals surface area contributed by atoms with Crippen LogP contribution in [0.2, 0.25) is 0 Å². The van der Waals surface area contributed by atoms with Crippen LogP contribution in [0.3, 0.4) is 0 Å². The van der Waals surface area contributed by atoms with Crippen LogP contribution in [0, 0.1) is 0 Å². The van der Waals surface area contributed by atoms with Crippen LogP contribution in [0.1, 0.15) is 239 Å². The predicted octanol–water partition coefficient (Wildman–Crippen LogP) is 18.8. The Morgan fingerprint density at radius 1 is 0.419 bits per heavy atom. The largest absolute Gasteiger partial charge is 0.472 e. The molecule has 0 bridgehead atoms. The van der Waals surface area contributed by atoms with Gasteiger partial charge in [0.2, 0.25) is 0 Å². The number of rotatable bonds is 54. The average molecular weight is 1050 g/mol. The Morgan fingerprint density at radius 2 is 0.743 bits per heavy atom. The molecule has 0 fully saturated rings. The summed E-state index contributed by atoms with van der Waals surface area (Å²) < 4.78 is 33.0. The highest BCUT2D eigenvalue weighted by Gasteiger charge is 2.26. The van der Waals surface area contributed by atoms with E-state index in [1.165, 1.54) is 83.5 Å². The Morgan fingerprint density at radius 3 is 1.12 bits per heavy atom. The van der Waals surface area contributed by atoms with Crippen LogP contribution in [-0.2, 0) is 32.7 Å². The third-order valence-corrected chi connectivity index (χ3v) is 13.1. The SMILES string of the molecule is CC/C=C\C/C=C\C/C=C\C/C=C\C/C=C\C/C=C\C/C=C\C/C=C\C/C=C\CCCCCCCCCCCC(=O)OC(COC(=O)CCCCCCC/C=C\CCCCCCCCC)COP(=O)(O)OCCN. The zero-order valence-electron chi connectivity index (χ0n) is 47.0. The number of carbonyl (C=O) groups is 2. The molecule has 3 N–H and O–H groups in total. The molecule has 10 heteroatoms. The van der Waals surface area contributed by atoms with Crippen LogP contribution < -0.4 is 5.73 Å². The summed E-state index contributed by atoms with van der Waals surface area (Å²) in [4.78, 5) is 35.1. The topological polar surface area (TPSA) is 134 Å². The number of hydrogen-bond acceptors (Lipinski definition) is 8. The second-order valence-electron chi connectivity index (χ2n) is 19.1. The van der Waals surface area contributed by atoms with E-state index in [-0.39, 0.29) is 32.6 Å². The number of phosphoric ester groups is 1. The first-order valence-electron chi connectivity index (χ1n) is 29.5. The van der Waals surface area contributed by atoms with Gasteiger partial charge in [-0.25, -0.2) is 4.57 Å². The summed E-state index contributed by atoms with van der Waals surface area (Å²) in [5.74, 6) is -0.849. The highest BCUT2D eigenvalue weighted by molar-refractivity contribution is 7.47. The van der Waals surface area contributed by atoms with E-state index in [0.29, 0.717) is 6.42 Å². The molecule has 0 radical (unpaired) electrons. The molecule has 0 aliphatic rings. The standard InChI is InChI=1S/C64H108NO8P/c1-3-5-7-9-11-13-15-17-19-21-22-23-24-25-26-27-28-29-30-31-32-33-34-35-36-37-38-39-40-41-43-45-47-49-51-53-55-57-64(67)73-62(61-72-74(68,69)71-59-58-65)60-70-63(66)56-54-52-50-48-46-44-42-20-18-16-14-12-10-8-6-4-2/h5,7,11,13,17,19-20,22-23,25-26,28-29,31-32,34-35,37-38,42,62H,3-4,6,8-10,12,14-16,18,21,24,27,30,33,36,39-41,43-61,65H2,1-2H3,(H,68,69)/b7-5-,13-11-,19-17-,23-22-,26-25-,29-28-,32-31-,35-34-,38-37-,42-20-. The number of allylic oxidation sites excluding steroid dienone is 20. The molecule has 0 aliphatic heterocycles. The maximum absolute atomic E-state index is 12.7. The fourth-order valence-electron chi connectivity index (χ4n) is 7.74. The van der Waals surface area contributed by atoms with Crippen molar-refractivity contribution in [3.05, 3.63) is 122 Å². The van der Waals surface area contributed by atoms with Crippen LogP contribution in [0.15, 0.2) is 122 Å². The van der Waals surface area contributed by atoms with Crippen LogP contribution in [0.25, 0.3) is 0 Å². The summed E-state index contributed by atoms with van der Waals surface area (Å²) in [7, 11) is -4.40. The van der Waals surface area contributed by atoms with Crippen molar-refractivity contribution in [2.75, 3.05) is 26.4 Å². The van der Waals surface area contributed by atoms with E-state index < -0.39 is 32.5 Å². The van der Waals surface area contributed by atoms with Gasteiger partial charge in [-0.3, -0.25) is 18.6 Å². The fourth-order valence-corrected chi connectivity index (χ4v) is 8.51. The van der Waals surface area contributed by atoms with Gasteiger partial charge >= 0.3 is 19.8 Å². The molecule has 2 unspecified atom stereocenters. The van der Waals surface area contributed by atoms with Crippen molar-refractivity contribution in [1.29, 1.82) is 0 Å². The minimum atomic E-state index is -4.40. The summed E-state index contributed by atoms with van der Waals surface area (Å²) in [5.41, 5.74) is 5.38. The molecule has 0 saturated heterocycles. The number of carbonyl (C=O) groups excluding carboxylic acids is 2. The lowest BCUT2D eigenvalue weighted by molar-refractivity contribution is -0.161. The van der Waals surface area contributed by atoms with Crippen molar-refractivity contribution in [3.8, 4) is 0 Å². The van der Waals surface area contributed by atoms with Crippen LogP contribution >= 0.6 is 7.82 Å². The van der Waals surface area contributed by atoms with Gasteiger partial charge in [0.15, 0.2) is 6.10 Å². The van der Waals surface area contributed by atoms with Crippen molar-refractivity contribution < 1.29 is 37.6 Å².